The number of ether oxygens (including phenoxy) is 1. The summed E-state index contributed by atoms with van der Waals surface area (Å²) in [6, 6.07) is 3.09. The van der Waals surface area contributed by atoms with Crippen LogP contribution in [0.3, 0.4) is 0 Å². The molecule has 0 saturated carbocycles. The lowest BCUT2D eigenvalue weighted by Gasteiger charge is -2.13. The zero-order valence-corrected chi connectivity index (χ0v) is 12.4. The van der Waals surface area contributed by atoms with Gasteiger partial charge in [0.05, 0.1) is 6.61 Å². The van der Waals surface area contributed by atoms with E-state index in [0.29, 0.717) is 23.9 Å². The van der Waals surface area contributed by atoms with E-state index in [9.17, 15) is 8.42 Å². The highest BCUT2D eigenvalue weighted by molar-refractivity contribution is 7.89. The first-order chi connectivity index (χ1) is 8.42. The summed E-state index contributed by atoms with van der Waals surface area (Å²) >= 11 is 5.98. The molecule has 102 valence electrons. The standard InChI is InChI=1S/C12H18ClNO3S/c1-4-6-17-11-7-9(3)10(13)8-12(11)18(15,16)14-5-2/h7-8,14H,4-6H2,1-3H3. The summed E-state index contributed by atoms with van der Waals surface area (Å²) in [5.41, 5.74) is 0.790. The minimum Gasteiger partial charge on any atom is -0.492 e. The van der Waals surface area contributed by atoms with Gasteiger partial charge in [-0.25, -0.2) is 13.1 Å². The maximum atomic E-state index is 12.0. The number of sulfonamides is 1. The minimum absolute atomic E-state index is 0.0911. The van der Waals surface area contributed by atoms with Gasteiger partial charge in [-0.1, -0.05) is 25.4 Å². The van der Waals surface area contributed by atoms with Gasteiger partial charge in [0.25, 0.3) is 0 Å². The van der Waals surface area contributed by atoms with Crippen molar-refractivity contribution in [1.82, 2.24) is 4.72 Å². The molecule has 0 bridgehead atoms. The normalized spacial score (nSPS) is 11.6. The quantitative estimate of drug-likeness (QED) is 0.877. The molecule has 0 saturated heterocycles. The van der Waals surface area contributed by atoms with Gasteiger partial charge in [-0.2, -0.15) is 0 Å². The third-order valence-corrected chi connectivity index (χ3v) is 4.28. The molecule has 0 radical (unpaired) electrons. The first-order valence-corrected chi connectivity index (χ1v) is 7.71. The van der Waals surface area contributed by atoms with E-state index in [-0.39, 0.29) is 4.90 Å². The van der Waals surface area contributed by atoms with E-state index in [1.54, 1.807) is 13.0 Å². The van der Waals surface area contributed by atoms with E-state index in [1.165, 1.54) is 6.07 Å². The minimum atomic E-state index is -3.57. The molecule has 4 nitrogen and oxygen atoms in total. The predicted octanol–water partition coefficient (Wildman–Crippen LogP) is 2.74. The van der Waals surface area contributed by atoms with Gasteiger partial charge in [0, 0.05) is 11.6 Å². The van der Waals surface area contributed by atoms with Gasteiger partial charge in [0.15, 0.2) is 0 Å². The Bertz CT molecular complexity index is 514. The van der Waals surface area contributed by atoms with Gasteiger partial charge >= 0.3 is 0 Å². The number of hydrogen-bond acceptors (Lipinski definition) is 3. The van der Waals surface area contributed by atoms with Crippen molar-refractivity contribution < 1.29 is 13.2 Å². The van der Waals surface area contributed by atoms with Crippen LogP contribution in [0.25, 0.3) is 0 Å². The van der Waals surface area contributed by atoms with E-state index in [4.69, 9.17) is 16.3 Å². The lowest BCUT2D eigenvalue weighted by molar-refractivity contribution is 0.309. The molecule has 0 aromatic heterocycles. The average Bonchev–Trinajstić information content (AvgIpc) is 2.30. The van der Waals surface area contributed by atoms with Crippen molar-refractivity contribution in [2.75, 3.05) is 13.2 Å². The Hall–Kier alpha value is -0.780. The topological polar surface area (TPSA) is 55.4 Å². The van der Waals surface area contributed by atoms with Crippen molar-refractivity contribution in [3.05, 3.63) is 22.7 Å². The molecule has 18 heavy (non-hydrogen) atoms. The van der Waals surface area contributed by atoms with Gasteiger partial charge in [-0.15, -0.1) is 0 Å². The van der Waals surface area contributed by atoms with Crippen LogP contribution in [0.15, 0.2) is 17.0 Å². The summed E-state index contributed by atoms with van der Waals surface area (Å²) in [4.78, 5) is 0.0911. The van der Waals surface area contributed by atoms with E-state index >= 15 is 0 Å². The first-order valence-electron chi connectivity index (χ1n) is 5.85. The van der Waals surface area contributed by atoms with Crippen molar-refractivity contribution >= 4 is 21.6 Å². The lowest BCUT2D eigenvalue weighted by atomic mass is 10.2. The number of aryl methyl sites for hydroxylation is 1. The van der Waals surface area contributed by atoms with Crippen LogP contribution in [0.2, 0.25) is 5.02 Å². The van der Waals surface area contributed by atoms with Crippen LogP contribution >= 0.6 is 11.6 Å². The van der Waals surface area contributed by atoms with E-state index in [2.05, 4.69) is 4.72 Å². The zero-order chi connectivity index (χ0) is 13.8. The second-order valence-electron chi connectivity index (χ2n) is 3.90. The molecule has 0 unspecified atom stereocenters. The monoisotopic (exact) mass is 291 g/mol. The van der Waals surface area contributed by atoms with Crippen LogP contribution in [0.4, 0.5) is 0 Å². The molecular weight excluding hydrogens is 274 g/mol. The molecule has 0 heterocycles. The summed E-state index contributed by atoms with van der Waals surface area (Å²) in [7, 11) is -3.57. The average molecular weight is 292 g/mol. The zero-order valence-electron chi connectivity index (χ0n) is 10.8. The highest BCUT2D eigenvalue weighted by Crippen LogP contribution is 2.30. The first kappa shape index (κ1) is 15.3. The van der Waals surface area contributed by atoms with Crippen LogP contribution in [-0.4, -0.2) is 21.6 Å². The van der Waals surface area contributed by atoms with Crippen LogP contribution in [0.5, 0.6) is 5.75 Å². The van der Waals surface area contributed by atoms with Gasteiger partial charge in [0.1, 0.15) is 10.6 Å². The molecule has 6 heteroatoms. The smallest absolute Gasteiger partial charge is 0.244 e. The summed E-state index contributed by atoms with van der Waals surface area (Å²) in [5.74, 6) is 0.347. The molecule has 0 spiro atoms. The third-order valence-electron chi connectivity index (χ3n) is 2.31. The number of halogens is 1. The molecule has 1 rings (SSSR count). The van der Waals surface area contributed by atoms with Crippen molar-refractivity contribution in [2.45, 2.75) is 32.1 Å². The molecule has 0 amide bonds. The lowest BCUT2D eigenvalue weighted by Crippen LogP contribution is -2.24. The third kappa shape index (κ3) is 3.60. The highest BCUT2D eigenvalue weighted by Gasteiger charge is 2.20. The number of hydrogen-bond donors (Lipinski definition) is 1. The fourth-order valence-electron chi connectivity index (χ4n) is 1.44. The fraction of sp³-hybridized carbons (Fsp3) is 0.500. The number of benzene rings is 1. The maximum Gasteiger partial charge on any atom is 0.244 e. The molecule has 0 aliphatic rings. The SMILES string of the molecule is CCCOc1cc(C)c(Cl)cc1S(=O)(=O)NCC. The Labute approximate surface area is 113 Å². The molecular formula is C12H18ClNO3S. The second-order valence-corrected chi connectivity index (χ2v) is 6.04. The molecule has 1 aromatic rings. The van der Waals surface area contributed by atoms with E-state index in [0.717, 1.165) is 12.0 Å². The van der Waals surface area contributed by atoms with E-state index < -0.39 is 10.0 Å². The van der Waals surface area contributed by atoms with E-state index in [1.807, 2.05) is 13.8 Å². The van der Waals surface area contributed by atoms with Gasteiger partial charge in [-0.05, 0) is 31.0 Å². The Kier molecular flexibility index (Phi) is 5.44. The summed E-state index contributed by atoms with van der Waals surface area (Å²) in [6.45, 7) is 6.28. The Balaban J connectivity index is 3.27. The number of nitrogens with one attached hydrogen (secondary N) is 1. The van der Waals surface area contributed by atoms with Crippen LogP contribution in [0, 0.1) is 6.92 Å². The van der Waals surface area contributed by atoms with Crippen LogP contribution in [0.1, 0.15) is 25.8 Å². The van der Waals surface area contributed by atoms with Crippen molar-refractivity contribution in [1.29, 1.82) is 0 Å². The van der Waals surface area contributed by atoms with Crippen molar-refractivity contribution in [3.8, 4) is 5.75 Å². The Morgan fingerprint density at radius 3 is 2.56 bits per heavy atom. The molecule has 0 fully saturated rings. The Morgan fingerprint density at radius 2 is 2.00 bits per heavy atom. The molecule has 0 aliphatic heterocycles. The summed E-state index contributed by atoms with van der Waals surface area (Å²) in [5, 5.41) is 0.412. The molecule has 0 aliphatic carbocycles. The Morgan fingerprint density at radius 1 is 1.33 bits per heavy atom. The van der Waals surface area contributed by atoms with Gasteiger partial charge in [0.2, 0.25) is 10.0 Å². The predicted molar refractivity (Wildman–Crippen MR) is 72.8 cm³/mol. The molecule has 1 aromatic carbocycles. The van der Waals surface area contributed by atoms with Crippen LogP contribution < -0.4 is 9.46 Å². The number of rotatable bonds is 6. The fourth-order valence-corrected chi connectivity index (χ4v) is 2.86. The van der Waals surface area contributed by atoms with Crippen molar-refractivity contribution in [3.63, 3.8) is 0 Å². The maximum absolute atomic E-state index is 12.0. The summed E-state index contributed by atoms with van der Waals surface area (Å²) < 4.78 is 32.0. The summed E-state index contributed by atoms with van der Waals surface area (Å²) in [6.07, 6.45) is 0.808. The second kappa shape index (κ2) is 6.41. The highest BCUT2D eigenvalue weighted by atomic mass is 35.5. The molecule has 0 atom stereocenters. The largest absolute Gasteiger partial charge is 0.492 e. The van der Waals surface area contributed by atoms with Gasteiger partial charge < -0.3 is 4.74 Å². The van der Waals surface area contributed by atoms with Crippen molar-refractivity contribution in [2.24, 2.45) is 0 Å². The van der Waals surface area contributed by atoms with Gasteiger partial charge in [-0.3, -0.25) is 0 Å². The molecule has 1 N–H and O–H groups in total. The van der Waals surface area contributed by atoms with Crippen LogP contribution in [-0.2, 0) is 10.0 Å².